The molecule has 0 atom stereocenters. The van der Waals surface area contributed by atoms with E-state index in [-0.39, 0.29) is 5.03 Å². The number of benzene rings is 1. The largest absolute Gasteiger partial charge is 0.399 e. The van der Waals surface area contributed by atoms with Crippen LogP contribution in [0.4, 0.5) is 11.4 Å². The van der Waals surface area contributed by atoms with Crippen molar-refractivity contribution in [3.63, 3.8) is 0 Å². The lowest BCUT2D eigenvalue weighted by atomic mass is 10.1. The Kier molecular flexibility index (Phi) is 2.30. The minimum atomic E-state index is -3.55. The van der Waals surface area contributed by atoms with Crippen molar-refractivity contribution in [2.24, 2.45) is 0 Å². The van der Waals surface area contributed by atoms with E-state index in [1.807, 2.05) is 6.07 Å². The van der Waals surface area contributed by atoms with Gasteiger partial charge in [-0.2, -0.15) is 8.42 Å². The topological polar surface area (TPSA) is 92.1 Å². The second-order valence-electron chi connectivity index (χ2n) is 4.13. The van der Waals surface area contributed by atoms with Crippen LogP contribution in [0.5, 0.6) is 0 Å². The van der Waals surface area contributed by atoms with Gasteiger partial charge in [0, 0.05) is 12.2 Å². The molecule has 7 heteroatoms. The smallest absolute Gasteiger partial charge is 0.281 e. The normalized spacial score (nSPS) is 14.8. The zero-order valence-corrected chi connectivity index (χ0v) is 10.3. The predicted molar refractivity (Wildman–Crippen MR) is 67.7 cm³/mol. The third kappa shape index (κ3) is 1.55. The van der Waals surface area contributed by atoms with Crippen molar-refractivity contribution in [1.82, 2.24) is 9.97 Å². The Morgan fingerprint density at radius 3 is 2.94 bits per heavy atom. The van der Waals surface area contributed by atoms with E-state index in [4.69, 9.17) is 5.73 Å². The average molecular weight is 264 g/mol. The maximum absolute atomic E-state index is 12.4. The fourth-order valence-electron chi connectivity index (χ4n) is 2.14. The molecule has 0 spiro atoms. The molecule has 2 heterocycles. The molecule has 0 amide bonds. The van der Waals surface area contributed by atoms with E-state index in [2.05, 4.69) is 9.97 Å². The van der Waals surface area contributed by atoms with Crippen molar-refractivity contribution in [1.29, 1.82) is 0 Å². The van der Waals surface area contributed by atoms with Gasteiger partial charge in [-0.15, -0.1) is 0 Å². The van der Waals surface area contributed by atoms with E-state index in [0.717, 1.165) is 5.56 Å². The number of nitrogen functional groups attached to an aromatic ring is 1. The molecule has 0 saturated heterocycles. The van der Waals surface area contributed by atoms with Crippen LogP contribution in [-0.4, -0.2) is 24.9 Å². The highest BCUT2D eigenvalue weighted by Gasteiger charge is 2.31. The summed E-state index contributed by atoms with van der Waals surface area (Å²) in [6.45, 7) is 0.431. The number of nitrogens with zero attached hydrogens (tertiary/aromatic N) is 2. The number of imidazole rings is 1. The van der Waals surface area contributed by atoms with E-state index >= 15 is 0 Å². The van der Waals surface area contributed by atoms with Crippen LogP contribution in [-0.2, 0) is 16.4 Å². The van der Waals surface area contributed by atoms with Gasteiger partial charge in [0.2, 0.25) is 0 Å². The molecule has 1 aromatic carbocycles. The van der Waals surface area contributed by atoms with Gasteiger partial charge in [0.25, 0.3) is 10.0 Å². The molecule has 94 valence electrons. The van der Waals surface area contributed by atoms with Gasteiger partial charge in [0.1, 0.15) is 0 Å². The van der Waals surface area contributed by atoms with Crippen molar-refractivity contribution in [2.75, 3.05) is 16.6 Å². The fraction of sp³-hybridized carbons (Fsp3) is 0.182. The highest BCUT2D eigenvalue weighted by Crippen LogP contribution is 2.33. The van der Waals surface area contributed by atoms with Gasteiger partial charge in [0.15, 0.2) is 5.03 Å². The summed E-state index contributed by atoms with van der Waals surface area (Å²) in [4.78, 5) is 6.38. The molecule has 0 unspecified atom stereocenters. The molecule has 0 saturated carbocycles. The first-order chi connectivity index (χ1) is 8.59. The number of rotatable bonds is 2. The molecule has 6 nitrogen and oxygen atoms in total. The number of sulfonamides is 1. The summed E-state index contributed by atoms with van der Waals surface area (Å²) < 4.78 is 26.1. The van der Waals surface area contributed by atoms with Crippen LogP contribution in [0.15, 0.2) is 35.7 Å². The first-order valence-electron chi connectivity index (χ1n) is 5.48. The summed E-state index contributed by atoms with van der Waals surface area (Å²) in [6, 6.07) is 5.27. The molecule has 1 aliphatic heterocycles. The second kappa shape index (κ2) is 3.74. The quantitative estimate of drug-likeness (QED) is 0.783. The van der Waals surface area contributed by atoms with E-state index < -0.39 is 10.0 Å². The van der Waals surface area contributed by atoms with Gasteiger partial charge in [0.05, 0.1) is 18.2 Å². The zero-order chi connectivity index (χ0) is 12.8. The number of hydrogen-bond acceptors (Lipinski definition) is 4. The molecular weight excluding hydrogens is 252 g/mol. The molecule has 3 rings (SSSR count). The standard InChI is InChI=1S/C11H12N4O2S/c12-9-1-2-10-8(5-9)3-4-15(10)18(16,17)11-6-13-7-14-11/h1-2,5-7H,3-4,12H2,(H,13,14). The molecule has 3 N–H and O–H groups in total. The van der Waals surface area contributed by atoms with Gasteiger partial charge in [-0.05, 0) is 30.2 Å². The Morgan fingerprint density at radius 2 is 2.22 bits per heavy atom. The lowest BCUT2D eigenvalue weighted by Crippen LogP contribution is -2.29. The van der Waals surface area contributed by atoms with E-state index in [9.17, 15) is 8.42 Å². The van der Waals surface area contributed by atoms with Crippen LogP contribution >= 0.6 is 0 Å². The fourth-order valence-corrected chi connectivity index (χ4v) is 3.55. The summed E-state index contributed by atoms with van der Waals surface area (Å²) in [5, 5.41) is 0.104. The lowest BCUT2D eigenvalue weighted by molar-refractivity contribution is 0.589. The average Bonchev–Trinajstić information content (AvgIpc) is 2.97. The molecular formula is C11H12N4O2S. The van der Waals surface area contributed by atoms with E-state index in [1.165, 1.54) is 16.8 Å². The minimum absolute atomic E-state index is 0.104. The van der Waals surface area contributed by atoms with Crippen molar-refractivity contribution in [2.45, 2.75) is 11.4 Å². The summed E-state index contributed by atoms with van der Waals surface area (Å²) in [5.41, 5.74) is 7.99. The number of nitrogens with two attached hydrogens (primary N) is 1. The van der Waals surface area contributed by atoms with Crippen molar-refractivity contribution in [3.05, 3.63) is 36.3 Å². The Hall–Kier alpha value is -2.02. The number of H-pyrrole nitrogens is 1. The molecule has 18 heavy (non-hydrogen) atoms. The van der Waals surface area contributed by atoms with Gasteiger partial charge in [-0.1, -0.05) is 0 Å². The summed E-state index contributed by atoms with van der Waals surface area (Å²) in [5.74, 6) is 0. The van der Waals surface area contributed by atoms with E-state index in [0.29, 0.717) is 24.3 Å². The Bertz CT molecular complexity index is 679. The summed E-state index contributed by atoms with van der Waals surface area (Å²) in [7, 11) is -3.55. The van der Waals surface area contributed by atoms with Crippen LogP contribution in [0.25, 0.3) is 0 Å². The first kappa shape index (κ1) is 11.1. The van der Waals surface area contributed by atoms with Gasteiger partial charge in [-0.25, -0.2) is 4.98 Å². The molecule has 0 fully saturated rings. The maximum atomic E-state index is 12.4. The monoisotopic (exact) mass is 264 g/mol. The number of anilines is 2. The summed E-state index contributed by atoms with van der Waals surface area (Å²) in [6.07, 6.45) is 3.34. The Balaban J connectivity index is 2.08. The number of hydrogen-bond donors (Lipinski definition) is 2. The zero-order valence-electron chi connectivity index (χ0n) is 9.50. The highest BCUT2D eigenvalue weighted by atomic mass is 32.2. The number of fused-ring (bicyclic) bond motifs is 1. The van der Waals surface area contributed by atoms with Gasteiger partial charge < -0.3 is 10.7 Å². The molecule has 1 aliphatic rings. The maximum Gasteiger partial charge on any atom is 0.281 e. The second-order valence-corrected chi connectivity index (χ2v) is 5.96. The molecule has 1 aromatic heterocycles. The van der Waals surface area contributed by atoms with Crippen LogP contribution in [0.1, 0.15) is 5.56 Å². The van der Waals surface area contributed by atoms with Gasteiger partial charge >= 0.3 is 0 Å². The Morgan fingerprint density at radius 1 is 1.39 bits per heavy atom. The molecule has 2 aromatic rings. The minimum Gasteiger partial charge on any atom is -0.399 e. The number of aromatic nitrogens is 2. The molecule has 0 aliphatic carbocycles. The van der Waals surface area contributed by atoms with Crippen LogP contribution in [0.3, 0.4) is 0 Å². The van der Waals surface area contributed by atoms with Crippen LogP contribution < -0.4 is 10.0 Å². The summed E-state index contributed by atoms with van der Waals surface area (Å²) >= 11 is 0. The number of aromatic amines is 1. The van der Waals surface area contributed by atoms with Crippen LogP contribution in [0, 0.1) is 0 Å². The van der Waals surface area contributed by atoms with Crippen molar-refractivity contribution in [3.8, 4) is 0 Å². The highest BCUT2D eigenvalue weighted by molar-refractivity contribution is 7.92. The lowest BCUT2D eigenvalue weighted by Gasteiger charge is -2.18. The predicted octanol–water partition coefficient (Wildman–Crippen LogP) is 0.743. The van der Waals surface area contributed by atoms with Crippen LogP contribution in [0.2, 0.25) is 0 Å². The third-order valence-corrected chi connectivity index (χ3v) is 4.74. The Labute approximate surface area is 105 Å². The SMILES string of the molecule is Nc1ccc2c(c1)CCN2S(=O)(=O)c1cnc[nH]1. The van der Waals surface area contributed by atoms with Crippen molar-refractivity contribution < 1.29 is 8.42 Å². The van der Waals surface area contributed by atoms with Crippen molar-refractivity contribution >= 4 is 21.4 Å². The molecule has 0 bridgehead atoms. The number of nitrogens with one attached hydrogen (secondary N) is 1. The third-order valence-electron chi connectivity index (χ3n) is 3.00. The first-order valence-corrected chi connectivity index (χ1v) is 6.92. The molecule has 0 radical (unpaired) electrons. The van der Waals surface area contributed by atoms with E-state index in [1.54, 1.807) is 12.1 Å². The van der Waals surface area contributed by atoms with Gasteiger partial charge in [-0.3, -0.25) is 4.31 Å².